The van der Waals surface area contributed by atoms with Crippen LogP contribution in [0.5, 0.6) is 0 Å². The first-order chi connectivity index (χ1) is 6.25. The van der Waals surface area contributed by atoms with Crippen LogP contribution in [0.3, 0.4) is 0 Å². The fraction of sp³-hybridized carbons (Fsp3) is 0.444. The SMILES string of the molecule is Cc1ncc(C2=CC(N)CNC2)s1. The van der Waals surface area contributed by atoms with E-state index in [1.54, 1.807) is 11.3 Å². The molecular weight excluding hydrogens is 182 g/mol. The molecule has 1 atom stereocenters. The number of aryl methyl sites for hydroxylation is 1. The predicted octanol–water partition coefficient (Wildman–Crippen LogP) is 0.765. The molecule has 0 aliphatic carbocycles. The van der Waals surface area contributed by atoms with Crippen LogP contribution < -0.4 is 11.1 Å². The first-order valence-corrected chi connectivity index (χ1v) is 5.17. The number of rotatable bonds is 1. The summed E-state index contributed by atoms with van der Waals surface area (Å²) in [5.74, 6) is 0. The highest BCUT2D eigenvalue weighted by molar-refractivity contribution is 7.12. The summed E-state index contributed by atoms with van der Waals surface area (Å²) in [5.41, 5.74) is 7.10. The Bertz CT molecular complexity index is 329. The Labute approximate surface area is 81.7 Å². The average molecular weight is 195 g/mol. The van der Waals surface area contributed by atoms with E-state index in [-0.39, 0.29) is 6.04 Å². The summed E-state index contributed by atoms with van der Waals surface area (Å²) in [7, 11) is 0. The molecule has 1 unspecified atom stereocenters. The second-order valence-electron chi connectivity index (χ2n) is 3.23. The third-order valence-corrected chi connectivity index (χ3v) is 3.04. The van der Waals surface area contributed by atoms with Crippen molar-refractivity contribution in [3.8, 4) is 0 Å². The van der Waals surface area contributed by atoms with Crippen molar-refractivity contribution in [2.45, 2.75) is 13.0 Å². The molecule has 1 aromatic heterocycles. The summed E-state index contributed by atoms with van der Waals surface area (Å²) >= 11 is 1.72. The van der Waals surface area contributed by atoms with Crippen LogP contribution in [-0.4, -0.2) is 24.1 Å². The molecule has 0 radical (unpaired) electrons. The van der Waals surface area contributed by atoms with Gasteiger partial charge in [0.2, 0.25) is 0 Å². The number of nitrogens with two attached hydrogens (primary N) is 1. The van der Waals surface area contributed by atoms with E-state index in [9.17, 15) is 0 Å². The van der Waals surface area contributed by atoms with E-state index < -0.39 is 0 Å². The van der Waals surface area contributed by atoms with Crippen LogP contribution >= 0.6 is 11.3 Å². The molecule has 2 heterocycles. The molecule has 0 amide bonds. The van der Waals surface area contributed by atoms with E-state index in [0.29, 0.717) is 0 Å². The maximum absolute atomic E-state index is 5.81. The molecule has 3 nitrogen and oxygen atoms in total. The van der Waals surface area contributed by atoms with Crippen molar-refractivity contribution in [3.63, 3.8) is 0 Å². The average Bonchev–Trinajstić information content (AvgIpc) is 2.52. The molecule has 4 heteroatoms. The predicted molar refractivity (Wildman–Crippen MR) is 55.7 cm³/mol. The second-order valence-corrected chi connectivity index (χ2v) is 4.46. The Kier molecular flexibility index (Phi) is 2.44. The van der Waals surface area contributed by atoms with Crippen LogP contribution in [0.25, 0.3) is 5.57 Å². The molecule has 1 aromatic rings. The number of nitrogens with one attached hydrogen (secondary N) is 1. The number of aromatic nitrogens is 1. The zero-order chi connectivity index (χ0) is 9.26. The molecule has 2 rings (SSSR count). The van der Waals surface area contributed by atoms with Crippen molar-refractivity contribution >= 4 is 16.9 Å². The largest absolute Gasteiger partial charge is 0.323 e. The van der Waals surface area contributed by atoms with Crippen molar-refractivity contribution in [2.24, 2.45) is 5.73 Å². The highest BCUT2D eigenvalue weighted by Gasteiger charge is 2.12. The minimum absolute atomic E-state index is 0.145. The zero-order valence-electron chi connectivity index (χ0n) is 7.58. The van der Waals surface area contributed by atoms with E-state index in [1.165, 1.54) is 10.5 Å². The van der Waals surface area contributed by atoms with Crippen LogP contribution in [0.2, 0.25) is 0 Å². The smallest absolute Gasteiger partial charge is 0.0900 e. The van der Waals surface area contributed by atoms with E-state index >= 15 is 0 Å². The van der Waals surface area contributed by atoms with Gasteiger partial charge in [-0.05, 0) is 12.5 Å². The molecule has 0 saturated carbocycles. The number of hydrogen-bond donors (Lipinski definition) is 2. The van der Waals surface area contributed by atoms with Crippen LogP contribution in [-0.2, 0) is 0 Å². The lowest BCUT2D eigenvalue weighted by atomic mass is 10.1. The van der Waals surface area contributed by atoms with Gasteiger partial charge in [-0.3, -0.25) is 0 Å². The van der Waals surface area contributed by atoms with Gasteiger partial charge >= 0.3 is 0 Å². The van der Waals surface area contributed by atoms with Gasteiger partial charge < -0.3 is 11.1 Å². The van der Waals surface area contributed by atoms with Gasteiger partial charge in [0.15, 0.2) is 0 Å². The van der Waals surface area contributed by atoms with Crippen LogP contribution in [0, 0.1) is 6.92 Å². The first-order valence-electron chi connectivity index (χ1n) is 4.35. The third kappa shape index (κ3) is 1.96. The minimum Gasteiger partial charge on any atom is -0.323 e. The van der Waals surface area contributed by atoms with Gasteiger partial charge in [0.25, 0.3) is 0 Å². The lowest BCUT2D eigenvalue weighted by Crippen LogP contribution is -2.37. The Morgan fingerprint density at radius 1 is 1.69 bits per heavy atom. The molecule has 0 bridgehead atoms. The van der Waals surface area contributed by atoms with Gasteiger partial charge in [-0.15, -0.1) is 11.3 Å². The molecule has 70 valence electrons. The maximum Gasteiger partial charge on any atom is 0.0900 e. The maximum atomic E-state index is 5.81. The second kappa shape index (κ2) is 3.57. The third-order valence-electron chi connectivity index (χ3n) is 2.05. The summed E-state index contributed by atoms with van der Waals surface area (Å²) in [6, 6.07) is 0.145. The monoisotopic (exact) mass is 195 g/mol. The molecule has 0 saturated heterocycles. The highest BCUT2D eigenvalue weighted by Crippen LogP contribution is 2.22. The Balaban J connectivity index is 2.25. The first kappa shape index (κ1) is 8.87. The summed E-state index contributed by atoms with van der Waals surface area (Å²) in [4.78, 5) is 5.46. The van der Waals surface area contributed by atoms with E-state index in [1.807, 2.05) is 13.1 Å². The van der Waals surface area contributed by atoms with Crippen molar-refractivity contribution in [2.75, 3.05) is 13.1 Å². The Morgan fingerprint density at radius 2 is 2.54 bits per heavy atom. The molecule has 1 aliphatic heterocycles. The Morgan fingerprint density at radius 3 is 3.15 bits per heavy atom. The van der Waals surface area contributed by atoms with Crippen molar-refractivity contribution in [1.29, 1.82) is 0 Å². The van der Waals surface area contributed by atoms with Gasteiger partial charge in [-0.1, -0.05) is 6.08 Å². The van der Waals surface area contributed by atoms with Crippen molar-refractivity contribution in [1.82, 2.24) is 10.3 Å². The fourth-order valence-corrected chi connectivity index (χ4v) is 2.23. The van der Waals surface area contributed by atoms with Gasteiger partial charge in [0, 0.05) is 25.3 Å². The minimum atomic E-state index is 0.145. The van der Waals surface area contributed by atoms with E-state index in [4.69, 9.17) is 5.73 Å². The van der Waals surface area contributed by atoms with Crippen molar-refractivity contribution < 1.29 is 0 Å². The molecule has 1 aliphatic rings. The summed E-state index contributed by atoms with van der Waals surface area (Å²) in [6.45, 7) is 3.81. The molecule has 0 spiro atoms. The zero-order valence-corrected chi connectivity index (χ0v) is 8.40. The summed E-state index contributed by atoms with van der Waals surface area (Å²) in [5, 5.41) is 4.38. The fourth-order valence-electron chi connectivity index (χ4n) is 1.43. The lowest BCUT2D eigenvalue weighted by Gasteiger charge is -2.17. The number of thiazole rings is 1. The summed E-state index contributed by atoms with van der Waals surface area (Å²) in [6.07, 6.45) is 4.05. The van der Waals surface area contributed by atoms with Gasteiger partial charge in [-0.25, -0.2) is 4.98 Å². The lowest BCUT2D eigenvalue weighted by molar-refractivity contribution is 0.663. The normalized spacial score (nSPS) is 22.9. The molecule has 3 N–H and O–H groups in total. The standard InChI is InChI=1S/C9H13N3S/c1-6-12-5-9(13-6)7-2-8(10)4-11-3-7/h2,5,8,11H,3-4,10H2,1H3. The van der Waals surface area contributed by atoms with Crippen LogP contribution in [0.15, 0.2) is 12.3 Å². The molecule has 13 heavy (non-hydrogen) atoms. The van der Waals surface area contributed by atoms with Crippen LogP contribution in [0.4, 0.5) is 0 Å². The molecular formula is C9H13N3S. The van der Waals surface area contributed by atoms with Gasteiger partial charge in [0.1, 0.15) is 0 Å². The number of hydrogen-bond acceptors (Lipinski definition) is 4. The number of nitrogens with zero attached hydrogens (tertiary/aromatic N) is 1. The molecule has 0 fully saturated rings. The van der Waals surface area contributed by atoms with Gasteiger partial charge in [0.05, 0.1) is 9.88 Å². The van der Waals surface area contributed by atoms with Gasteiger partial charge in [-0.2, -0.15) is 0 Å². The Hall–Kier alpha value is -0.710. The summed E-state index contributed by atoms with van der Waals surface area (Å²) < 4.78 is 0. The van der Waals surface area contributed by atoms with Crippen LogP contribution in [0.1, 0.15) is 9.88 Å². The topological polar surface area (TPSA) is 50.9 Å². The molecule has 0 aromatic carbocycles. The van der Waals surface area contributed by atoms with E-state index in [2.05, 4.69) is 16.4 Å². The van der Waals surface area contributed by atoms with Crippen molar-refractivity contribution in [3.05, 3.63) is 22.2 Å². The quantitative estimate of drug-likeness (QED) is 0.696. The highest BCUT2D eigenvalue weighted by atomic mass is 32.1. The van der Waals surface area contributed by atoms with E-state index in [0.717, 1.165) is 18.1 Å².